The Labute approximate surface area is 228 Å². The van der Waals surface area contributed by atoms with Crippen molar-refractivity contribution in [3.05, 3.63) is 39.7 Å². The number of sulfone groups is 1. The summed E-state index contributed by atoms with van der Waals surface area (Å²) < 4.78 is 25.8. The largest absolute Gasteiger partial charge is 0.346 e. The summed E-state index contributed by atoms with van der Waals surface area (Å²) in [7, 11) is -2.83. The highest BCUT2D eigenvalue weighted by molar-refractivity contribution is 7.91. The molecule has 1 aliphatic heterocycles. The van der Waals surface area contributed by atoms with Crippen molar-refractivity contribution in [1.29, 1.82) is 0 Å². The number of aromatic nitrogens is 4. The molecular formula is C29H37N5O2S2. The van der Waals surface area contributed by atoms with E-state index in [-0.39, 0.29) is 0 Å². The lowest BCUT2D eigenvalue weighted by molar-refractivity contribution is 0.148. The van der Waals surface area contributed by atoms with Gasteiger partial charge in [0.25, 0.3) is 0 Å². The van der Waals surface area contributed by atoms with E-state index in [9.17, 15) is 8.42 Å². The fourth-order valence-electron chi connectivity index (χ4n) is 7.92. The van der Waals surface area contributed by atoms with Gasteiger partial charge < -0.3 is 4.98 Å². The number of H-pyrrole nitrogens is 1. The number of thiophene rings is 1. The second-order valence-electron chi connectivity index (χ2n) is 12.3. The Balaban J connectivity index is 1.22. The predicted octanol–water partition coefficient (Wildman–Crippen LogP) is 5.60. The number of aryl methyl sites for hydroxylation is 2. The highest BCUT2D eigenvalue weighted by Gasteiger charge is 2.49. The quantitative estimate of drug-likeness (QED) is 0.357. The van der Waals surface area contributed by atoms with Crippen LogP contribution in [0.2, 0.25) is 0 Å². The summed E-state index contributed by atoms with van der Waals surface area (Å²) in [6.45, 7) is 12.7. The van der Waals surface area contributed by atoms with E-state index in [1.165, 1.54) is 63.0 Å². The zero-order chi connectivity index (χ0) is 26.5. The molecule has 0 radical (unpaired) electrons. The zero-order valence-corrected chi connectivity index (χ0v) is 24.5. The Bertz CT molecular complexity index is 1660. The van der Waals surface area contributed by atoms with Gasteiger partial charge >= 0.3 is 0 Å². The lowest BCUT2D eigenvalue weighted by Crippen LogP contribution is -2.48. The summed E-state index contributed by atoms with van der Waals surface area (Å²) in [5, 5.41) is 5.86. The lowest BCUT2D eigenvalue weighted by atomic mass is 9.82. The van der Waals surface area contributed by atoms with Crippen molar-refractivity contribution in [3.8, 4) is 11.3 Å². The molecule has 2 saturated carbocycles. The number of nitrogens with one attached hydrogen (secondary N) is 1. The molecular weight excluding hydrogens is 514 g/mol. The Morgan fingerprint density at radius 3 is 2.47 bits per heavy atom. The van der Waals surface area contributed by atoms with Crippen LogP contribution >= 0.6 is 11.3 Å². The number of hydrogen-bond donors (Lipinski definition) is 1. The maximum Gasteiger partial charge on any atom is 0.158 e. The summed E-state index contributed by atoms with van der Waals surface area (Å²) in [5.74, 6) is 3.11. The number of nitrogens with zero attached hydrogens (tertiary/aromatic N) is 4. The van der Waals surface area contributed by atoms with Gasteiger partial charge in [-0.2, -0.15) is 5.10 Å². The molecule has 4 atom stereocenters. The van der Waals surface area contributed by atoms with Crippen LogP contribution in [0.25, 0.3) is 27.1 Å². The fraction of sp³-hybridized carbons (Fsp3) is 0.586. The molecule has 4 aromatic rings. The van der Waals surface area contributed by atoms with Crippen LogP contribution in [-0.2, 0) is 9.84 Å². The molecule has 4 aromatic heterocycles. The topological polar surface area (TPSA) is 83.4 Å². The molecule has 202 valence electrons. The average molecular weight is 552 g/mol. The molecule has 2 bridgehead atoms. The van der Waals surface area contributed by atoms with Crippen molar-refractivity contribution in [2.45, 2.75) is 71.8 Å². The fourth-order valence-corrected chi connectivity index (χ4v) is 10.6. The average Bonchev–Trinajstić information content (AvgIpc) is 3.68. The van der Waals surface area contributed by atoms with Crippen LogP contribution in [0, 0.1) is 32.6 Å². The summed E-state index contributed by atoms with van der Waals surface area (Å²) in [5.41, 5.74) is 8.66. The molecule has 1 saturated heterocycles. The van der Waals surface area contributed by atoms with Gasteiger partial charge in [-0.3, -0.25) is 4.90 Å². The standard InChI is InChI=1S/C29H37N5O2S2/c1-15(2)24-25-18(5)27(21-11-20-10-19(21)12-23(20)33-6-8-38(35,36)9-7-33)37-29(25)32-26(24)22-13-34-28(30-14-31-34)17(4)16(22)3/h13-15,19-21,23,32H,6-12H2,1-5H3/t19?,20-,21?,23?/m0/s1. The van der Waals surface area contributed by atoms with Gasteiger partial charge in [0, 0.05) is 41.2 Å². The summed E-state index contributed by atoms with van der Waals surface area (Å²) in [6.07, 6.45) is 7.52. The van der Waals surface area contributed by atoms with Gasteiger partial charge in [0.15, 0.2) is 15.5 Å². The molecule has 3 unspecified atom stereocenters. The highest BCUT2D eigenvalue weighted by Crippen LogP contribution is 2.57. The highest BCUT2D eigenvalue weighted by atomic mass is 32.2. The molecule has 0 aromatic carbocycles. The van der Waals surface area contributed by atoms with Crippen molar-refractivity contribution in [2.75, 3.05) is 24.6 Å². The normalized spacial score (nSPS) is 27.4. The van der Waals surface area contributed by atoms with Crippen LogP contribution in [0.3, 0.4) is 0 Å². The number of pyridine rings is 1. The molecule has 7 nitrogen and oxygen atoms in total. The van der Waals surface area contributed by atoms with Crippen molar-refractivity contribution in [1.82, 2.24) is 24.5 Å². The van der Waals surface area contributed by atoms with Gasteiger partial charge in [-0.05, 0) is 86.0 Å². The number of fused-ring (bicyclic) bond motifs is 4. The molecule has 38 heavy (non-hydrogen) atoms. The minimum absolute atomic E-state index is 0.336. The smallest absolute Gasteiger partial charge is 0.158 e. The summed E-state index contributed by atoms with van der Waals surface area (Å²) in [6, 6.07) is 0.577. The molecule has 0 spiro atoms. The second-order valence-corrected chi connectivity index (χ2v) is 15.6. The van der Waals surface area contributed by atoms with Gasteiger partial charge in [-0.25, -0.2) is 17.9 Å². The van der Waals surface area contributed by atoms with Crippen molar-refractivity contribution < 1.29 is 8.42 Å². The molecule has 3 aliphatic rings. The van der Waals surface area contributed by atoms with Crippen LogP contribution in [0.1, 0.15) is 72.1 Å². The van der Waals surface area contributed by atoms with Gasteiger partial charge in [0.05, 0.1) is 17.2 Å². The first-order valence-corrected chi connectivity index (χ1v) is 16.7. The third kappa shape index (κ3) is 3.64. The first-order valence-electron chi connectivity index (χ1n) is 14.0. The number of aromatic amines is 1. The third-order valence-electron chi connectivity index (χ3n) is 9.94. The Morgan fingerprint density at radius 1 is 1.03 bits per heavy atom. The number of hydrogen-bond acceptors (Lipinski definition) is 6. The lowest BCUT2D eigenvalue weighted by Gasteiger charge is -2.38. The Kier molecular flexibility index (Phi) is 5.63. The minimum Gasteiger partial charge on any atom is -0.346 e. The second kappa shape index (κ2) is 8.63. The van der Waals surface area contributed by atoms with E-state index in [1.807, 2.05) is 15.9 Å². The minimum atomic E-state index is -2.83. The van der Waals surface area contributed by atoms with Crippen molar-refractivity contribution in [2.24, 2.45) is 11.8 Å². The Hall–Kier alpha value is -2.23. The molecule has 7 rings (SSSR count). The molecule has 0 amide bonds. The van der Waals surface area contributed by atoms with Crippen LogP contribution in [-0.4, -0.2) is 63.5 Å². The van der Waals surface area contributed by atoms with Gasteiger partial charge in [-0.1, -0.05) is 13.8 Å². The number of rotatable bonds is 4. The van der Waals surface area contributed by atoms with Gasteiger partial charge in [0.2, 0.25) is 0 Å². The first-order chi connectivity index (χ1) is 18.1. The van der Waals surface area contributed by atoms with Crippen molar-refractivity contribution in [3.63, 3.8) is 0 Å². The molecule has 9 heteroatoms. The van der Waals surface area contributed by atoms with Crippen LogP contribution in [0.15, 0.2) is 12.5 Å². The summed E-state index contributed by atoms with van der Waals surface area (Å²) in [4.78, 5) is 13.7. The van der Waals surface area contributed by atoms with Crippen LogP contribution in [0.5, 0.6) is 0 Å². The molecule has 1 N–H and O–H groups in total. The molecule has 5 heterocycles. The van der Waals surface area contributed by atoms with E-state index in [2.05, 4.69) is 60.8 Å². The van der Waals surface area contributed by atoms with E-state index < -0.39 is 9.84 Å². The van der Waals surface area contributed by atoms with Crippen LogP contribution < -0.4 is 0 Å². The predicted molar refractivity (Wildman–Crippen MR) is 154 cm³/mol. The zero-order valence-electron chi connectivity index (χ0n) is 22.9. The Morgan fingerprint density at radius 2 is 1.79 bits per heavy atom. The van der Waals surface area contributed by atoms with E-state index in [4.69, 9.17) is 0 Å². The molecule has 2 aliphatic carbocycles. The SMILES string of the molecule is Cc1c(-c2[nH]c3sc(C4C[C@@H]5CC4CC5N4CCS(=O)(=O)CC4)c(C)c3c2C(C)C)cn2ncnc2c1C. The third-order valence-corrected chi connectivity index (χ3v) is 12.9. The van der Waals surface area contributed by atoms with E-state index in [1.54, 1.807) is 11.2 Å². The maximum atomic E-state index is 11.9. The van der Waals surface area contributed by atoms with E-state index in [0.29, 0.717) is 41.2 Å². The monoisotopic (exact) mass is 551 g/mol. The summed E-state index contributed by atoms with van der Waals surface area (Å²) >= 11 is 1.98. The van der Waals surface area contributed by atoms with Crippen molar-refractivity contribution >= 4 is 37.0 Å². The first kappa shape index (κ1) is 24.8. The van der Waals surface area contributed by atoms with Crippen LogP contribution in [0.4, 0.5) is 0 Å². The molecule has 3 fully saturated rings. The van der Waals surface area contributed by atoms with Gasteiger partial charge in [-0.15, -0.1) is 11.3 Å². The maximum absolute atomic E-state index is 11.9. The van der Waals surface area contributed by atoms with E-state index in [0.717, 1.165) is 18.7 Å². The van der Waals surface area contributed by atoms with Gasteiger partial charge in [0.1, 0.15) is 11.2 Å². The van der Waals surface area contributed by atoms with E-state index >= 15 is 0 Å².